The molecule has 0 bridgehead atoms. The van der Waals surface area contributed by atoms with Gasteiger partial charge in [0.15, 0.2) is 0 Å². The van der Waals surface area contributed by atoms with Gasteiger partial charge in [-0.1, -0.05) is 24.3 Å². The summed E-state index contributed by atoms with van der Waals surface area (Å²) in [5, 5.41) is 2.02. The molecule has 2 saturated carbocycles. The molecule has 1 aromatic carbocycles. The number of carbonyl (C=O) groups is 6. The number of alkyl halides is 1. The number of carbonyl (C=O) groups excluding carboxylic acids is 6. The Hall–Kier alpha value is -4.45. The van der Waals surface area contributed by atoms with Gasteiger partial charge in [-0.3, -0.25) is 28.8 Å². The average molecular weight is 811 g/mol. The zero-order chi connectivity index (χ0) is 40.2. The van der Waals surface area contributed by atoms with Gasteiger partial charge >= 0.3 is 12.2 Å². The van der Waals surface area contributed by atoms with Crippen molar-refractivity contribution >= 4 is 57.4 Å². The highest BCUT2D eigenvalue weighted by atomic mass is 35.5. The van der Waals surface area contributed by atoms with Crippen LogP contribution in [0.1, 0.15) is 70.4 Å². The predicted molar refractivity (Wildman–Crippen MR) is 196 cm³/mol. The second-order valence-electron chi connectivity index (χ2n) is 15.3. The zero-order valence-corrected chi connectivity index (χ0v) is 32.6. The molecular weight excluding hydrogens is 763 g/mol. The molecule has 55 heavy (non-hydrogen) atoms. The molecule has 0 spiro atoms. The van der Waals surface area contributed by atoms with Crippen LogP contribution in [0.15, 0.2) is 30.4 Å². The van der Waals surface area contributed by atoms with Crippen LogP contribution in [0.5, 0.6) is 0 Å². The first-order valence-electron chi connectivity index (χ1n) is 18.2. The number of allylic oxidation sites excluding steroid dienone is 2. The van der Waals surface area contributed by atoms with Crippen LogP contribution < -0.4 is 15.8 Å². The second-order valence-corrected chi connectivity index (χ2v) is 17.6. The molecule has 0 aromatic heterocycles. The molecular formula is C36H48ClFN6O10S. The molecule has 19 heteroatoms. The van der Waals surface area contributed by atoms with Crippen molar-refractivity contribution in [3.63, 3.8) is 0 Å². The van der Waals surface area contributed by atoms with E-state index in [1.165, 1.54) is 15.9 Å². The third-order valence-corrected chi connectivity index (χ3v) is 11.8. The number of ether oxygens (including phenoxy) is 2. The predicted octanol–water partition coefficient (Wildman–Crippen LogP) is 2.27. The van der Waals surface area contributed by atoms with Crippen molar-refractivity contribution in [2.75, 3.05) is 25.5 Å². The number of alkyl carbamates (subject to hydrolysis) is 1. The summed E-state index contributed by atoms with van der Waals surface area (Å²) in [6, 6.07) is 1.91. The first-order chi connectivity index (χ1) is 25.9. The Morgan fingerprint density at radius 2 is 1.85 bits per heavy atom. The van der Waals surface area contributed by atoms with Crippen molar-refractivity contribution in [1.29, 1.82) is 0 Å². The average Bonchev–Trinajstić information content (AvgIpc) is 4.02. The number of rotatable bonds is 15. The molecule has 2 aliphatic carbocycles. The van der Waals surface area contributed by atoms with Gasteiger partial charge in [-0.05, 0) is 70.4 Å². The molecule has 2 aliphatic heterocycles. The smallest absolute Gasteiger partial charge is 0.410 e. The summed E-state index contributed by atoms with van der Waals surface area (Å²) < 4.78 is 51.7. The maximum Gasteiger partial charge on any atom is 0.410 e. The van der Waals surface area contributed by atoms with Crippen molar-refractivity contribution in [2.24, 2.45) is 17.6 Å². The maximum atomic E-state index is 14.3. The Balaban J connectivity index is 1.21. The van der Waals surface area contributed by atoms with Gasteiger partial charge in [0.25, 0.3) is 0 Å². The lowest BCUT2D eigenvalue weighted by atomic mass is 10.1. The summed E-state index contributed by atoms with van der Waals surface area (Å²) in [5.74, 6) is -4.11. The van der Waals surface area contributed by atoms with Gasteiger partial charge in [0.05, 0.1) is 24.9 Å². The summed E-state index contributed by atoms with van der Waals surface area (Å²) in [6.45, 7) is 4.50. The van der Waals surface area contributed by atoms with Crippen molar-refractivity contribution in [2.45, 2.75) is 101 Å². The number of nitrogens with zero attached hydrogens (tertiary/aromatic N) is 3. The molecule has 3 fully saturated rings. The second kappa shape index (κ2) is 17.1. The molecule has 0 radical (unpaired) electrons. The molecule has 302 valence electrons. The minimum Gasteiger partial charge on any atom is -0.444 e. The molecule has 1 saturated heterocycles. The number of likely N-dealkylation sites (tertiary alicyclic amines) is 1. The van der Waals surface area contributed by atoms with Crippen molar-refractivity contribution in [3.8, 4) is 0 Å². The van der Waals surface area contributed by atoms with E-state index in [0.29, 0.717) is 43.2 Å². The van der Waals surface area contributed by atoms with Gasteiger partial charge < -0.3 is 30.3 Å². The highest BCUT2D eigenvalue weighted by Gasteiger charge is 2.46. The number of primary amides is 1. The third kappa shape index (κ3) is 11.1. The number of nitrogens with two attached hydrogens (primary N) is 1. The normalized spacial score (nSPS) is 22.5. The number of unbranched alkanes of at least 4 members (excludes halogenated alkanes) is 1. The molecule has 1 unspecified atom stereocenters. The van der Waals surface area contributed by atoms with Crippen LogP contribution in [0.25, 0.3) is 0 Å². The molecule has 5 atom stereocenters. The monoisotopic (exact) mass is 810 g/mol. The lowest BCUT2D eigenvalue weighted by Crippen LogP contribution is -2.57. The topological polar surface area (TPSA) is 215 Å². The first kappa shape index (κ1) is 41.7. The lowest BCUT2D eigenvalue weighted by Gasteiger charge is -2.32. The third-order valence-electron chi connectivity index (χ3n) is 9.75. The van der Waals surface area contributed by atoms with Crippen LogP contribution in [0.2, 0.25) is 0 Å². The fourth-order valence-corrected chi connectivity index (χ4v) is 8.18. The van der Waals surface area contributed by atoms with Gasteiger partial charge in [-0.15, -0.1) is 11.6 Å². The van der Waals surface area contributed by atoms with Crippen molar-refractivity contribution in [3.05, 3.63) is 47.3 Å². The van der Waals surface area contributed by atoms with E-state index < -0.39 is 92.5 Å². The highest BCUT2D eigenvalue weighted by Crippen LogP contribution is 2.40. The van der Waals surface area contributed by atoms with Crippen molar-refractivity contribution in [1.82, 2.24) is 24.7 Å². The van der Waals surface area contributed by atoms with Crippen LogP contribution >= 0.6 is 11.6 Å². The molecule has 4 N–H and O–H groups in total. The van der Waals surface area contributed by atoms with Crippen LogP contribution in [0.3, 0.4) is 0 Å². The number of benzene rings is 1. The highest BCUT2D eigenvalue weighted by molar-refractivity contribution is 7.90. The molecule has 16 nitrogen and oxygen atoms in total. The molecule has 4 aliphatic rings. The Morgan fingerprint density at radius 1 is 1.13 bits per heavy atom. The largest absolute Gasteiger partial charge is 0.444 e. The standard InChI is InChI=1S/C36H48ClFN6O10S/c1-36(2,3)54-34(49)40-28(20-42(30(45)16-37)13-6-4-5-8-21-14-25(21)32(47)41-55(51,52)24-11-12-24)33(48)44-18-23(15-29(44)31(39)46)53-35(50)43-17-22-9-7-10-27(38)26(22)19-43/h5,7-10,21,23-25,28-29H,4,6,11-20H2,1-3H3,(H2,39,46)(H,40,49)(H,41,47)/b8-5-/t21-,23-,25+,28+,29?/m1/s1. The maximum absolute atomic E-state index is 14.3. The minimum absolute atomic E-state index is 0.0113. The number of sulfonamides is 1. The van der Waals surface area contributed by atoms with Crippen LogP contribution in [-0.4, -0.2) is 113 Å². The van der Waals surface area contributed by atoms with Gasteiger partial charge in [-0.2, -0.15) is 0 Å². The van der Waals surface area contributed by atoms with Gasteiger partial charge in [-0.25, -0.2) is 22.4 Å². The van der Waals surface area contributed by atoms with Gasteiger partial charge in [0.2, 0.25) is 33.7 Å². The van der Waals surface area contributed by atoms with Gasteiger partial charge in [0, 0.05) is 31.0 Å². The fourth-order valence-electron chi connectivity index (χ4n) is 6.66. The van der Waals surface area contributed by atoms with E-state index in [0.717, 1.165) is 4.90 Å². The van der Waals surface area contributed by atoms with Crippen molar-refractivity contribution < 1.29 is 51.0 Å². The summed E-state index contributed by atoms with van der Waals surface area (Å²) in [4.78, 5) is 81.9. The summed E-state index contributed by atoms with van der Waals surface area (Å²) in [7, 11) is -3.62. The van der Waals surface area contributed by atoms with E-state index >= 15 is 0 Å². The van der Waals surface area contributed by atoms with E-state index in [4.69, 9.17) is 26.8 Å². The molecule has 2 heterocycles. The number of hydrogen-bond donors (Lipinski definition) is 3. The quantitative estimate of drug-likeness (QED) is 0.134. The molecule has 6 amide bonds. The van der Waals surface area contributed by atoms with Crippen LogP contribution in [-0.2, 0) is 51.8 Å². The zero-order valence-electron chi connectivity index (χ0n) is 31.0. The Kier molecular flexibility index (Phi) is 13.0. The van der Waals surface area contributed by atoms with E-state index in [2.05, 4.69) is 10.0 Å². The summed E-state index contributed by atoms with van der Waals surface area (Å²) in [6.07, 6.45) is 3.34. The number of fused-ring (bicyclic) bond motifs is 1. The Labute approximate surface area is 324 Å². The van der Waals surface area contributed by atoms with Crippen LogP contribution in [0.4, 0.5) is 14.0 Å². The number of amides is 6. The number of halogens is 2. The van der Waals surface area contributed by atoms with E-state index in [1.54, 1.807) is 32.9 Å². The number of nitrogens with one attached hydrogen (secondary N) is 2. The van der Waals surface area contributed by atoms with E-state index in [-0.39, 0.29) is 45.1 Å². The van der Waals surface area contributed by atoms with E-state index in [1.807, 2.05) is 12.2 Å². The van der Waals surface area contributed by atoms with E-state index in [9.17, 15) is 41.6 Å². The molecule has 5 rings (SSSR count). The number of hydrogen-bond acceptors (Lipinski definition) is 10. The fraction of sp³-hybridized carbons (Fsp3) is 0.611. The SMILES string of the molecule is CC(C)(C)OC(=O)N[C@@H](CN(CCC/C=C\[C@@H]1C[C@@H]1C(=O)NS(=O)(=O)C1CC1)C(=O)CCl)C(=O)N1C[C@H](OC(=O)N2Cc3cccc(F)c3C2)CC1C(N)=O. The Morgan fingerprint density at radius 3 is 2.49 bits per heavy atom. The van der Waals surface area contributed by atoms with Crippen LogP contribution in [0, 0.1) is 17.7 Å². The minimum atomic E-state index is -3.62. The lowest BCUT2D eigenvalue weighted by molar-refractivity contribution is -0.140. The van der Waals surface area contributed by atoms with Gasteiger partial charge in [0.1, 0.15) is 35.5 Å². The summed E-state index contributed by atoms with van der Waals surface area (Å²) in [5.41, 5.74) is 5.75. The Bertz CT molecular complexity index is 1820. The first-order valence-corrected chi connectivity index (χ1v) is 20.3. The molecule has 1 aromatic rings. The summed E-state index contributed by atoms with van der Waals surface area (Å²) >= 11 is 5.93.